The van der Waals surface area contributed by atoms with Gasteiger partial charge >= 0.3 is 0 Å². The van der Waals surface area contributed by atoms with Crippen molar-refractivity contribution in [3.05, 3.63) is 89.0 Å². The van der Waals surface area contributed by atoms with Crippen LogP contribution in [0, 0.1) is 18.6 Å². The molecule has 4 rings (SSSR count). The predicted molar refractivity (Wildman–Crippen MR) is 109 cm³/mol. The van der Waals surface area contributed by atoms with Crippen LogP contribution in [0.25, 0.3) is 22.0 Å². The second kappa shape index (κ2) is 7.21. The van der Waals surface area contributed by atoms with Crippen LogP contribution in [0.1, 0.15) is 5.56 Å². The third-order valence-electron chi connectivity index (χ3n) is 4.61. The molecule has 0 aliphatic rings. The molecule has 0 saturated heterocycles. The van der Waals surface area contributed by atoms with Gasteiger partial charge < -0.3 is 0 Å². The highest BCUT2D eigenvalue weighted by molar-refractivity contribution is 7.91. The van der Waals surface area contributed by atoms with Crippen molar-refractivity contribution in [2.75, 3.05) is 0 Å². The normalized spacial score (nSPS) is 11.7. The van der Waals surface area contributed by atoms with Gasteiger partial charge in [-0.1, -0.05) is 29.8 Å². The monoisotopic (exact) mass is 429 g/mol. The Morgan fingerprint density at radius 3 is 2.38 bits per heavy atom. The highest BCUT2D eigenvalue weighted by atomic mass is 35.5. The van der Waals surface area contributed by atoms with Gasteiger partial charge in [-0.25, -0.2) is 22.2 Å². The Kier molecular flexibility index (Phi) is 4.84. The van der Waals surface area contributed by atoms with Gasteiger partial charge in [0.05, 0.1) is 10.4 Å². The fourth-order valence-corrected chi connectivity index (χ4v) is 4.57. The van der Waals surface area contributed by atoms with Crippen molar-refractivity contribution in [3.63, 3.8) is 0 Å². The molecule has 1 heterocycles. The molecule has 3 nitrogen and oxygen atoms in total. The van der Waals surface area contributed by atoms with Crippen molar-refractivity contribution < 1.29 is 17.2 Å². The molecule has 0 aliphatic heterocycles. The number of nitrogens with zero attached hydrogens (tertiary/aromatic N) is 1. The minimum absolute atomic E-state index is 0.00717. The highest BCUT2D eigenvalue weighted by Gasteiger charge is 2.23. The molecule has 1 aromatic heterocycles. The number of sulfone groups is 1. The van der Waals surface area contributed by atoms with E-state index in [1.807, 2.05) is 0 Å². The van der Waals surface area contributed by atoms with Gasteiger partial charge in [-0.15, -0.1) is 0 Å². The molecule has 0 aliphatic carbocycles. The molecule has 29 heavy (non-hydrogen) atoms. The topological polar surface area (TPSA) is 47.0 Å². The third-order valence-corrected chi connectivity index (χ3v) is 6.65. The first kappa shape index (κ1) is 19.5. The van der Waals surface area contributed by atoms with Crippen LogP contribution in [0.5, 0.6) is 0 Å². The first-order valence-corrected chi connectivity index (χ1v) is 10.5. The van der Waals surface area contributed by atoms with E-state index >= 15 is 0 Å². The minimum Gasteiger partial charge on any atom is -0.236 e. The number of fused-ring (bicyclic) bond motifs is 1. The molecule has 0 amide bonds. The number of halogens is 3. The molecule has 146 valence electrons. The number of pyridine rings is 1. The smallest absolute Gasteiger partial charge is 0.223 e. The molecular formula is C22H14ClF2NO2S. The summed E-state index contributed by atoms with van der Waals surface area (Å²) >= 11 is 6.10. The van der Waals surface area contributed by atoms with Crippen molar-refractivity contribution in [1.82, 2.24) is 4.98 Å². The van der Waals surface area contributed by atoms with Gasteiger partial charge in [0.1, 0.15) is 11.6 Å². The second-order valence-electron chi connectivity index (χ2n) is 6.59. The van der Waals surface area contributed by atoms with Crippen LogP contribution in [0.3, 0.4) is 0 Å². The number of rotatable bonds is 3. The number of hydrogen-bond acceptors (Lipinski definition) is 3. The summed E-state index contributed by atoms with van der Waals surface area (Å²) in [5, 5.41) is 0.478. The largest absolute Gasteiger partial charge is 0.236 e. The zero-order chi connectivity index (χ0) is 20.8. The third kappa shape index (κ3) is 3.61. The first-order chi connectivity index (χ1) is 13.8. The fraction of sp³-hybridized carbons (Fsp3) is 0.0455. The molecular weight excluding hydrogens is 416 g/mol. The van der Waals surface area contributed by atoms with Crippen molar-refractivity contribution in [3.8, 4) is 11.1 Å². The van der Waals surface area contributed by atoms with Crippen molar-refractivity contribution in [2.24, 2.45) is 0 Å². The molecule has 0 radical (unpaired) electrons. The summed E-state index contributed by atoms with van der Waals surface area (Å²) in [6.07, 6.45) is 0. The van der Waals surface area contributed by atoms with Gasteiger partial charge in [-0.05, 0) is 72.1 Å². The first-order valence-electron chi connectivity index (χ1n) is 8.63. The van der Waals surface area contributed by atoms with E-state index in [1.165, 1.54) is 54.6 Å². The number of hydrogen-bond donors (Lipinski definition) is 0. The standard InChI is InChI=1S/C22H14ClF2NO2S/c1-13-5-7-17(11-20(13)23)29(27,28)22-12-18(14-3-2-4-15(24)9-14)19-10-16(25)6-8-21(19)26-22/h2-12H,1H3. The zero-order valence-corrected chi connectivity index (χ0v) is 16.7. The van der Waals surface area contributed by atoms with Gasteiger partial charge in [0.2, 0.25) is 9.84 Å². The average molecular weight is 430 g/mol. The van der Waals surface area contributed by atoms with Gasteiger partial charge in [0.25, 0.3) is 0 Å². The summed E-state index contributed by atoms with van der Waals surface area (Å²) in [6.45, 7) is 1.77. The SMILES string of the molecule is Cc1ccc(S(=O)(=O)c2cc(-c3cccc(F)c3)c3cc(F)ccc3n2)cc1Cl. The van der Waals surface area contributed by atoms with E-state index in [-0.39, 0.29) is 15.4 Å². The van der Waals surface area contributed by atoms with E-state index in [0.717, 1.165) is 5.56 Å². The Hall–Kier alpha value is -2.83. The van der Waals surface area contributed by atoms with Gasteiger partial charge in [-0.3, -0.25) is 0 Å². The van der Waals surface area contributed by atoms with Crippen LogP contribution in [0.2, 0.25) is 5.02 Å². The Morgan fingerprint density at radius 2 is 1.66 bits per heavy atom. The Bertz CT molecular complexity index is 1370. The van der Waals surface area contributed by atoms with Crippen molar-refractivity contribution in [1.29, 1.82) is 0 Å². The number of aryl methyl sites for hydroxylation is 1. The molecule has 0 unspecified atom stereocenters. The fourth-order valence-electron chi connectivity index (χ4n) is 3.07. The molecule has 7 heteroatoms. The predicted octanol–water partition coefficient (Wildman–Crippen LogP) is 5.97. The zero-order valence-electron chi connectivity index (χ0n) is 15.2. The van der Waals surface area contributed by atoms with Crippen LogP contribution in [-0.4, -0.2) is 13.4 Å². The van der Waals surface area contributed by atoms with Crippen molar-refractivity contribution >= 4 is 32.3 Å². The van der Waals surface area contributed by atoms with Crippen LogP contribution in [0.4, 0.5) is 8.78 Å². The summed E-state index contributed by atoms with van der Waals surface area (Å²) in [4.78, 5) is 4.23. The maximum atomic E-state index is 13.9. The average Bonchev–Trinajstić information content (AvgIpc) is 2.69. The molecule has 4 aromatic rings. The molecule has 0 atom stereocenters. The van der Waals surface area contributed by atoms with E-state index in [9.17, 15) is 17.2 Å². The Labute approximate surface area is 171 Å². The summed E-state index contributed by atoms with van der Waals surface area (Å²) in [5.41, 5.74) is 1.81. The van der Waals surface area contributed by atoms with Crippen molar-refractivity contribution in [2.45, 2.75) is 16.8 Å². The van der Waals surface area contributed by atoms with Crippen LogP contribution >= 0.6 is 11.6 Å². The van der Waals surface area contributed by atoms with E-state index in [1.54, 1.807) is 19.1 Å². The summed E-state index contributed by atoms with van der Waals surface area (Å²) in [6, 6.07) is 15.3. The lowest BCUT2D eigenvalue weighted by Crippen LogP contribution is -2.06. The summed E-state index contributed by atoms with van der Waals surface area (Å²) < 4.78 is 54.0. The van der Waals surface area contributed by atoms with Gasteiger partial charge in [0.15, 0.2) is 5.03 Å². The summed E-state index contributed by atoms with van der Waals surface area (Å²) in [7, 11) is -4.00. The molecule has 0 spiro atoms. The molecule has 0 fully saturated rings. The molecule has 3 aromatic carbocycles. The van der Waals surface area contributed by atoms with Crippen LogP contribution in [-0.2, 0) is 9.84 Å². The van der Waals surface area contributed by atoms with E-state index in [0.29, 0.717) is 21.5 Å². The molecule has 0 saturated carbocycles. The Morgan fingerprint density at radius 1 is 0.897 bits per heavy atom. The Balaban J connectivity index is 2.01. The molecule has 0 N–H and O–H groups in total. The quantitative estimate of drug-likeness (QED) is 0.402. The lowest BCUT2D eigenvalue weighted by Gasteiger charge is -2.12. The lowest BCUT2D eigenvalue weighted by atomic mass is 10.0. The lowest BCUT2D eigenvalue weighted by molar-refractivity contribution is 0.593. The van der Waals surface area contributed by atoms with Gasteiger partial charge in [-0.2, -0.15) is 0 Å². The summed E-state index contributed by atoms with van der Waals surface area (Å²) in [5.74, 6) is -0.989. The number of benzene rings is 3. The number of aromatic nitrogens is 1. The van der Waals surface area contributed by atoms with E-state index < -0.39 is 21.5 Å². The molecule has 0 bridgehead atoms. The van der Waals surface area contributed by atoms with E-state index in [4.69, 9.17) is 11.6 Å². The van der Waals surface area contributed by atoms with Crippen LogP contribution < -0.4 is 0 Å². The van der Waals surface area contributed by atoms with E-state index in [2.05, 4.69) is 4.98 Å². The maximum absolute atomic E-state index is 13.9. The highest BCUT2D eigenvalue weighted by Crippen LogP contribution is 2.33. The second-order valence-corrected chi connectivity index (χ2v) is 8.90. The van der Waals surface area contributed by atoms with Crippen LogP contribution in [0.15, 0.2) is 76.7 Å². The maximum Gasteiger partial charge on any atom is 0.223 e. The minimum atomic E-state index is -4.00. The van der Waals surface area contributed by atoms with Gasteiger partial charge in [0, 0.05) is 10.4 Å².